The molecular formula is C34H33N5O4. The molecule has 5 aromatic rings. The molecule has 3 aromatic carbocycles. The van der Waals surface area contributed by atoms with Gasteiger partial charge in [-0.25, -0.2) is 19.6 Å². The smallest absolute Gasteiger partial charge is 0.449 e. The standard InChI is InChI=1S/C34H33N5O4/c1-3-31-36-28-20-29(38-19-9-18-37(33(38)40)21-24-10-5-4-6-11-24)23(2)35-32(28)39(31)22-25-14-16-26(17-15-25)27-12-7-8-13-30(27)43-34(41)42/h4-8,10-17,20H,3,9,18-19,21-22H2,1-2H3,(H,41,42). The Hall–Kier alpha value is -5.18. The number of nitrogens with zero attached hydrogens (tertiary/aromatic N) is 5. The van der Waals surface area contributed by atoms with E-state index >= 15 is 0 Å². The van der Waals surface area contributed by atoms with Gasteiger partial charge in [0.1, 0.15) is 17.1 Å². The monoisotopic (exact) mass is 575 g/mol. The van der Waals surface area contributed by atoms with E-state index in [1.807, 2.05) is 89.5 Å². The molecule has 1 aliphatic rings. The lowest BCUT2D eigenvalue weighted by molar-refractivity contribution is 0.144. The summed E-state index contributed by atoms with van der Waals surface area (Å²) >= 11 is 0. The number of carboxylic acid groups (broad SMARTS) is 1. The molecule has 3 heterocycles. The number of aromatic nitrogens is 3. The van der Waals surface area contributed by atoms with Gasteiger partial charge in [0.2, 0.25) is 0 Å². The fourth-order valence-electron chi connectivity index (χ4n) is 5.70. The van der Waals surface area contributed by atoms with Crippen LogP contribution in [0.4, 0.5) is 15.3 Å². The van der Waals surface area contributed by atoms with Crippen molar-refractivity contribution in [2.24, 2.45) is 0 Å². The van der Waals surface area contributed by atoms with E-state index in [-0.39, 0.29) is 6.03 Å². The Morgan fingerprint density at radius 1 is 0.907 bits per heavy atom. The molecule has 1 fully saturated rings. The molecule has 218 valence electrons. The van der Waals surface area contributed by atoms with E-state index in [0.29, 0.717) is 30.9 Å². The van der Waals surface area contributed by atoms with Gasteiger partial charge in [-0.1, -0.05) is 79.7 Å². The summed E-state index contributed by atoms with van der Waals surface area (Å²) in [6, 6.07) is 27.1. The number of fused-ring (bicyclic) bond motifs is 1. The molecule has 0 saturated carbocycles. The fourth-order valence-corrected chi connectivity index (χ4v) is 5.70. The lowest BCUT2D eigenvalue weighted by Crippen LogP contribution is -2.49. The number of carbonyl (C=O) groups excluding carboxylic acids is 1. The molecule has 43 heavy (non-hydrogen) atoms. The minimum atomic E-state index is -1.34. The number of benzene rings is 3. The number of anilines is 1. The summed E-state index contributed by atoms with van der Waals surface area (Å²) < 4.78 is 7.09. The van der Waals surface area contributed by atoms with Crippen molar-refractivity contribution in [3.05, 3.63) is 108 Å². The van der Waals surface area contributed by atoms with Crippen molar-refractivity contribution in [2.75, 3.05) is 18.0 Å². The predicted molar refractivity (Wildman–Crippen MR) is 165 cm³/mol. The van der Waals surface area contributed by atoms with Crippen LogP contribution in [0.5, 0.6) is 5.75 Å². The first-order valence-corrected chi connectivity index (χ1v) is 14.5. The van der Waals surface area contributed by atoms with Crippen molar-refractivity contribution in [3.63, 3.8) is 0 Å². The summed E-state index contributed by atoms with van der Waals surface area (Å²) in [6.45, 7) is 6.55. The van der Waals surface area contributed by atoms with E-state index in [4.69, 9.17) is 19.8 Å². The lowest BCUT2D eigenvalue weighted by Gasteiger charge is -2.36. The molecule has 0 spiro atoms. The van der Waals surface area contributed by atoms with Gasteiger partial charge >= 0.3 is 12.2 Å². The lowest BCUT2D eigenvalue weighted by atomic mass is 10.0. The number of ether oxygens (including phenoxy) is 1. The number of para-hydroxylation sites is 1. The van der Waals surface area contributed by atoms with Gasteiger partial charge < -0.3 is 19.3 Å². The highest BCUT2D eigenvalue weighted by atomic mass is 16.7. The van der Waals surface area contributed by atoms with Gasteiger partial charge in [0.05, 0.1) is 17.9 Å². The maximum Gasteiger partial charge on any atom is 0.511 e. The zero-order valence-corrected chi connectivity index (χ0v) is 24.2. The van der Waals surface area contributed by atoms with E-state index in [9.17, 15) is 9.59 Å². The average molecular weight is 576 g/mol. The number of carbonyl (C=O) groups is 2. The van der Waals surface area contributed by atoms with Crippen molar-refractivity contribution < 1.29 is 19.4 Å². The normalized spacial score (nSPS) is 13.5. The molecule has 9 nitrogen and oxygen atoms in total. The SMILES string of the molecule is CCc1nc2cc(N3CCCN(Cc4ccccc4)C3=O)c(C)nc2n1Cc1ccc(-c2ccccc2OC(=O)O)cc1. The molecule has 0 bridgehead atoms. The van der Waals surface area contributed by atoms with Crippen LogP contribution in [0.25, 0.3) is 22.3 Å². The van der Waals surface area contributed by atoms with Crippen LogP contribution in [-0.4, -0.2) is 49.8 Å². The maximum absolute atomic E-state index is 13.6. The van der Waals surface area contributed by atoms with Crippen LogP contribution in [0.3, 0.4) is 0 Å². The Balaban J connectivity index is 1.26. The van der Waals surface area contributed by atoms with Crippen molar-refractivity contribution in [1.29, 1.82) is 0 Å². The largest absolute Gasteiger partial charge is 0.511 e. The highest BCUT2D eigenvalue weighted by Crippen LogP contribution is 2.31. The third kappa shape index (κ3) is 5.79. The van der Waals surface area contributed by atoms with Gasteiger partial charge in [0.15, 0.2) is 5.65 Å². The molecule has 0 unspecified atom stereocenters. The molecule has 2 amide bonds. The van der Waals surface area contributed by atoms with Crippen LogP contribution in [0, 0.1) is 6.92 Å². The van der Waals surface area contributed by atoms with Crippen molar-refractivity contribution in [1.82, 2.24) is 19.4 Å². The first-order chi connectivity index (χ1) is 20.9. The van der Waals surface area contributed by atoms with Crippen LogP contribution < -0.4 is 9.64 Å². The Labute approximate surface area is 250 Å². The second kappa shape index (κ2) is 12.0. The summed E-state index contributed by atoms with van der Waals surface area (Å²) in [5, 5.41) is 9.09. The van der Waals surface area contributed by atoms with Gasteiger partial charge in [-0.05, 0) is 42.2 Å². The van der Waals surface area contributed by atoms with E-state index in [2.05, 4.69) is 11.5 Å². The van der Waals surface area contributed by atoms with E-state index in [1.165, 1.54) is 0 Å². The first-order valence-electron chi connectivity index (χ1n) is 14.5. The summed E-state index contributed by atoms with van der Waals surface area (Å²) in [5.41, 5.74) is 6.87. The van der Waals surface area contributed by atoms with Crippen molar-refractivity contribution >= 4 is 29.0 Å². The number of urea groups is 1. The number of aryl methyl sites for hydroxylation is 2. The third-order valence-electron chi connectivity index (χ3n) is 7.79. The van der Waals surface area contributed by atoms with Gasteiger partial charge in [-0.3, -0.25) is 4.90 Å². The molecule has 6 rings (SSSR count). The molecule has 0 atom stereocenters. The van der Waals surface area contributed by atoms with Gasteiger partial charge in [-0.15, -0.1) is 0 Å². The molecule has 2 aromatic heterocycles. The summed E-state index contributed by atoms with van der Waals surface area (Å²) in [7, 11) is 0. The number of hydrogen-bond donors (Lipinski definition) is 1. The van der Waals surface area contributed by atoms with Crippen molar-refractivity contribution in [2.45, 2.75) is 39.8 Å². The Bertz CT molecular complexity index is 1780. The zero-order chi connectivity index (χ0) is 29.9. The number of hydrogen-bond acceptors (Lipinski definition) is 5. The number of rotatable bonds is 8. The Morgan fingerprint density at radius 2 is 1.63 bits per heavy atom. The second-order valence-electron chi connectivity index (χ2n) is 10.7. The van der Waals surface area contributed by atoms with E-state index < -0.39 is 6.16 Å². The fraction of sp³-hybridized carbons (Fsp3) is 0.235. The van der Waals surface area contributed by atoms with E-state index in [0.717, 1.165) is 64.4 Å². The summed E-state index contributed by atoms with van der Waals surface area (Å²) in [4.78, 5) is 38.3. The zero-order valence-electron chi connectivity index (χ0n) is 24.2. The van der Waals surface area contributed by atoms with Gasteiger partial charge in [0.25, 0.3) is 0 Å². The topological polar surface area (TPSA) is 101 Å². The minimum absolute atomic E-state index is 0.00933. The number of imidazole rings is 1. The minimum Gasteiger partial charge on any atom is -0.449 e. The predicted octanol–water partition coefficient (Wildman–Crippen LogP) is 6.91. The van der Waals surface area contributed by atoms with Crippen LogP contribution in [-0.2, 0) is 19.5 Å². The average Bonchev–Trinajstić information content (AvgIpc) is 3.35. The summed E-state index contributed by atoms with van der Waals surface area (Å²) in [5.74, 6) is 1.21. The molecule has 9 heteroatoms. The highest BCUT2D eigenvalue weighted by Gasteiger charge is 2.29. The van der Waals surface area contributed by atoms with Crippen LogP contribution in [0.2, 0.25) is 0 Å². The van der Waals surface area contributed by atoms with Crippen LogP contribution in [0.1, 0.15) is 36.0 Å². The van der Waals surface area contributed by atoms with Crippen LogP contribution >= 0.6 is 0 Å². The molecular weight excluding hydrogens is 542 g/mol. The molecule has 1 saturated heterocycles. The molecule has 0 radical (unpaired) electrons. The Morgan fingerprint density at radius 3 is 2.37 bits per heavy atom. The van der Waals surface area contributed by atoms with Gasteiger partial charge in [-0.2, -0.15) is 0 Å². The molecule has 1 N–H and O–H groups in total. The van der Waals surface area contributed by atoms with E-state index in [1.54, 1.807) is 12.1 Å². The number of pyridine rings is 1. The maximum atomic E-state index is 13.6. The quantitative estimate of drug-likeness (QED) is 0.159. The summed E-state index contributed by atoms with van der Waals surface area (Å²) in [6.07, 6.45) is 0.271. The molecule has 1 aliphatic heterocycles. The number of amides is 2. The first kappa shape index (κ1) is 28.0. The van der Waals surface area contributed by atoms with Crippen LogP contribution in [0.15, 0.2) is 84.9 Å². The Kier molecular flexibility index (Phi) is 7.79. The van der Waals surface area contributed by atoms with Gasteiger partial charge in [0, 0.05) is 31.6 Å². The third-order valence-corrected chi connectivity index (χ3v) is 7.79. The highest BCUT2D eigenvalue weighted by molar-refractivity contribution is 5.95. The van der Waals surface area contributed by atoms with Crippen molar-refractivity contribution in [3.8, 4) is 16.9 Å². The molecule has 0 aliphatic carbocycles. The second-order valence-corrected chi connectivity index (χ2v) is 10.7.